The fraction of sp³-hybridized carbons (Fsp3) is 0.417. The summed E-state index contributed by atoms with van der Waals surface area (Å²) in [6.45, 7) is 1.14. The largest absolute Gasteiger partial charge is 0.377 e. The highest BCUT2D eigenvalue weighted by Gasteiger charge is 2.19. The van der Waals surface area contributed by atoms with Crippen molar-refractivity contribution in [3.8, 4) is 0 Å². The summed E-state index contributed by atoms with van der Waals surface area (Å²) in [6.07, 6.45) is 0.347. The van der Waals surface area contributed by atoms with E-state index in [2.05, 4.69) is 5.32 Å². The number of amides is 1. The van der Waals surface area contributed by atoms with Crippen molar-refractivity contribution >= 4 is 17.7 Å². The lowest BCUT2D eigenvalue weighted by Gasteiger charge is -2.26. The standard InChI is InChI=1S/C12H13F2NO2S/c13-10-2-1-9(5-11(10)14)18-4-3-12(16)15-8-6-17-7-8/h1-2,5,8H,3-4,6-7H2,(H,15,16). The fourth-order valence-corrected chi connectivity index (χ4v) is 2.32. The second-order valence-electron chi connectivity index (χ2n) is 3.98. The van der Waals surface area contributed by atoms with Crippen LogP contribution in [0.15, 0.2) is 23.1 Å². The summed E-state index contributed by atoms with van der Waals surface area (Å²) in [6, 6.07) is 3.85. The molecule has 0 unspecified atom stereocenters. The molecule has 2 rings (SSSR count). The summed E-state index contributed by atoms with van der Waals surface area (Å²) in [5.41, 5.74) is 0. The Morgan fingerprint density at radius 2 is 2.17 bits per heavy atom. The molecule has 0 aliphatic carbocycles. The Kier molecular flexibility index (Phi) is 4.54. The average Bonchev–Trinajstić information content (AvgIpc) is 2.28. The van der Waals surface area contributed by atoms with Gasteiger partial charge in [0.15, 0.2) is 11.6 Å². The molecule has 18 heavy (non-hydrogen) atoms. The normalized spacial score (nSPS) is 15.2. The minimum absolute atomic E-state index is 0.0432. The van der Waals surface area contributed by atoms with Crippen molar-refractivity contribution in [2.75, 3.05) is 19.0 Å². The fourth-order valence-electron chi connectivity index (χ4n) is 1.45. The lowest BCUT2D eigenvalue weighted by molar-refractivity contribution is -0.124. The molecule has 6 heteroatoms. The molecule has 1 aliphatic rings. The molecule has 1 fully saturated rings. The molecule has 1 amide bonds. The van der Waals surface area contributed by atoms with Crippen LogP contribution >= 0.6 is 11.8 Å². The quantitative estimate of drug-likeness (QED) is 0.833. The number of hydrogen-bond donors (Lipinski definition) is 1. The van der Waals surface area contributed by atoms with E-state index >= 15 is 0 Å². The number of carbonyl (C=O) groups is 1. The third-order valence-corrected chi connectivity index (χ3v) is 3.49. The molecular weight excluding hydrogens is 260 g/mol. The Bertz CT molecular complexity index is 438. The molecule has 1 N–H and O–H groups in total. The van der Waals surface area contributed by atoms with E-state index in [0.717, 1.165) is 12.1 Å². The van der Waals surface area contributed by atoms with Crippen LogP contribution in [0.1, 0.15) is 6.42 Å². The molecule has 1 aliphatic heterocycles. The summed E-state index contributed by atoms with van der Waals surface area (Å²) in [5.74, 6) is -1.23. The maximum Gasteiger partial charge on any atom is 0.221 e. The summed E-state index contributed by atoms with van der Waals surface area (Å²) >= 11 is 1.33. The van der Waals surface area contributed by atoms with Gasteiger partial charge in [-0.25, -0.2) is 8.78 Å². The topological polar surface area (TPSA) is 38.3 Å². The molecule has 1 aromatic carbocycles. The van der Waals surface area contributed by atoms with Gasteiger partial charge in [0.25, 0.3) is 0 Å². The van der Waals surface area contributed by atoms with Gasteiger partial charge < -0.3 is 10.1 Å². The van der Waals surface area contributed by atoms with Gasteiger partial charge in [-0.1, -0.05) is 0 Å². The van der Waals surface area contributed by atoms with Crippen molar-refractivity contribution in [3.63, 3.8) is 0 Å². The van der Waals surface area contributed by atoms with Crippen LogP contribution in [0.2, 0.25) is 0 Å². The zero-order valence-electron chi connectivity index (χ0n) is 9.62. The monoisotopic (exact) mass is 273 g/mol. The van der Waals surface area contributed by atoms with Crippen molar-refractivity contribution in [3.05, 3.63) is 29.8 Å². The Morgan fingerprint density at radius 3 is 2.78 bits per heavy atom. The Labute approximate surface area is 108 Å². The van der Waals surface area contributed by atoms with Gasteiger partial charge in [-0.05, 0) is 18.2 Å². The number of carbonyl (C=O) groups excluding carboxylic acids is 1. The van der Waals surface area contributed by atoms with Crippen LogP contribution in [-0.4, -0.2) is 30.9 Å². The summed E-state index contributed by atoms with van der Waals surface area (Å²) in [5, 5.41) is 2.81. The smallest absolute Gasteiger partial charge is 0.221 e. The van der Waals surface area contributed by atoms with Crippen molar-refractivity contribution in [2.24, 2.45) is 0 Å². The second-order valence-corrected chi connectivity index (χ2v) is 5.14. The molecular formula is C12H13F2NO2S. The number of nitrogens with one attached hydrogen (secondary N) is 1. The molecule has 0 spiro atoms. The van der Waals surface area contributed by atoms with Crippen LogP contribution < -0.4 is 5.32 Å². The van der Waals surface area contributed by atoms with E-state index < -0.39 is 11.6 Å². The van der Waals surface area contributed by atoms with Gasteiger partial charge in [0.05, 0.1) is 19.3 Å². The summed E-state index contributed by atoms with van der Waals surface area (Å²) in [7, 11) is 0. The minimum Gasteiger partial charge on any atom is -0.377 e. The van der Waals surface area contributed by atoms with E-state index in [-0.39, 0.29) is 11.9 Å². The lowest BCUT2D eigenvalue weighted by Crippen LogP contribution is -2.48. The Balaban J connectivity index is 1.70. The van der Waals surface area contributed by atoms with Gasteiger partial charge in [0, 0.05) is 17.1 Å². The molecule has 1 saturated heterocycles. The Morgan fingerprint density at radius 1 is 1.39 bits per heavy atom. The minimum atomic E-state index is -0.865. The molecule has 3 nitrogen and oxygen atoms in total. The molecule has 1 aromatic rings. The molecule has 0 radical (unpaired) electrons. The molecule has 0 saturated carbocycles. The molecule has 0 bridgehead atoms. The number of ether oxygens (including phenoxy) is 1. The predicted molar refractivity (Wildman–Crippen MR) is 64.4 cm³/mol. The molecule has 98 valence electrons. The van der Waals surface area contributed by atoms with Crippen molar-refractivity contribution in [1.29, 1.82) is 0 Å². The maximum absolute atomic E-state index is 12.9. The number of hydrogen-bond acceptors (Lipinski definition) is 3. The van der Waals surface area contributed by atoms with Crippen LogP contribution in [0.5, 0.6) is 0 Å². The summed E-state index contributed by atoms with van der Waals surface area (Å²) in [4.78, 5) is 12.1. The first-order chi connectivity index (χ1) is 8.65. The number of halogens is 2. The number of rotatable bonds is 5. The van der Waals surface area contributed by atoms with Crippen LogP contribution in [0.3, 0.4) is 0 Å². The van der Waals surface area contributed by atoms with E-state index in [1.165, 1.54) is 17.8 Å². The van der Waals surface area contributed by atoms with E-state index in [4.69, 9.17) is 4.74 Å². The highest BCUT2D eigenvalue weighted by molar-refractivity contribution is 7.99. The van der Waals surface area contributed by atoms with Gasteiger partial charge in [-0.15, -0.1) is 11.8 Å². The number of thioether (sulfide) groups is 1. The molecule has 0 aromatic heterocycles. The predicted octanol–water partition coefficient (Wildman–Crippen LogP) is 1.96. The van der Waals surface area contributed by atoms with Crippen LogP contribution in [0, 0.1) is 11.6 Å². The summed E-state index contributed by atoms with van der Waals surface area (Å²) < 4.78 is 30.5. The van der Waals surface area contributed by atoms with E-state index in [0.29, 0.717) is 30.3 Å². The third kappa shape index (κ3) is 3.68. The van der Waals surface area contributed by atoms with Crippen LogP contribution in [0.25, 0.3) is 0 Å². The highest BCUT2D eigenvalue weighted by Crippen LogP contribution is 2.21. The van der Waals surface area contributed by atoms with E-state index in [9.17, 15) is 13.6 Å². The first-order valence-corrected chi connectivity index (χ1v) is 6.58. The SMILES string of the molecule is O=C(CCSc1ccc(F)c(F)c1)NC1COC1. The third-order valence-electron chi connectivity index (χ3n) is 2.49. The zero-order valence-corrected chi connectivity index (χ0v) is 10.4. The average molecular weight is 273 g/mol. The highest BCUT2D eigenvalue weighted by atomic mass is 32.2. The van der Waals surface area contributed by atoms with Crippen molar-refractivity contribution in [2.45, 2.75) is 17.4 Å². The van der Waals surface area contributed by atoms with E-state index in [1.54, 1.807) is 0 Å². The van der Waals surface area contributed by atoms with E-state index in [1.807, 2.05) is 0 Å². The molecule has 1 heterocycles. The number of benzene rings is 1. The molecule has 0 atom stereocenters. The van der Waals surface area contributed by atoms with Gasteiger partial charge in [0.2, 0.25) is 5.91 Å². The first-order valence-electron chi connectivity index (χ1n) is 5.60. The zero-order chi connectivity index (χ0) is 13.0. The maximum atomic E-state index is 12.9. The van der Waals surface area contributed by atoms with Crippen LogP contribution in [-0.2, 0) is 9.53 Å². The van der Waals surface area contributed by atoms with Gasteiger partial charge in [0.1, 0.15) is 0 Å². The van der Waals surface area contributed by atoms with Gasteiger partial charge in [-0.3, -0.25) is 4.79 Å². The van der Waals surface area contributed by atoms with Gasteiger partial charge >= 0.3 is 0 Å². The van der Waals surface area contributed by atoms with Crippen LogP contribution in [0.4, 0.5) is 8.78 Å². The second kappa shape index (κ2) is 6.15. The Hall–Kier alpha value is -1.14. The van der Waals surface area contributed by atoms with Gasteiger partial charge in [-0.2, -0.15) is 0 Å². The van der Waals surface area contributed by atoms with Crippen molar-refractivity contribution < 1.29 is 18.3 Å². The lowest BCUT2D eigenvalue weighted by atomic mass is 10.2. The first kappa shape index (κ1) is 13.3. The van der Waals surface area contributed by atoms with Crippen molar-refractivity contribution in [1.82, 2.24) is 5.32 Å².